The maximum absolute atomic E-state index is 14.3. The van der Waals surface area contributed by atoms with E-state index in [1.165, 1.54) is 0 Å². The Kier molecular flexibility index (Phi) is 5.96. The Morgan fingerprint density at radius 1 is 1.08 bits per heavy atom. The Bertz CT molecular complexity index is 1370. The minimum Gasteiger partial charge on any atom is -0.381 e. The van der Waals surface area contributed by atoms with E-state index in [1.807, 2.05) is 27.7 Å². The van der Waals surface area contributed by atoms with Crippen molar-refractivity contribution in [3.05, 3.63) is 46.4 Å². The highest BCUT2D eigenvalue weighted by molar-refractivity contribution is 5.85. The average molecular weight is 490 g/mol. The molecule has 3 aromatic rings. The predicted octanol–water partition coefficient (Wildman–Crippen LogP) is 2.66. The van der Waals surface area contributed by atoms with Crippen LogP contribution in [0.1, 0.15) is 30.9 Å². The topological polar surface area (TPSA) is 105 Å². The van der Waals surface area contributed by atoms with Gasteiger partial charge in [0.05, 0.1) is 37.1 Å². The van der Waals surface area contributed by atoms with Crippen molar-refractivity contribution in [2.75, 3.05) is 61.5 Å². The summed E-state index contributed by atoms with van der Waals surface area (Å²) < 4.78 is 7.44. The van der Waals surface area contributed by atoms with Gasteiger partial charge in [-0.15, -0.1) is 0 Å². The summed E-state index contributed by atoms with van der Waals surface area (Å²) in [6.07, 6.45) is 3.77. The van der Waals surface area contributed by atoms with E-state index < -0.39 is 0 Å². The molecule has 2 aromatic heterocycles. The number of hydrogen-bond donors (Lipinski definition) is 2. The number of pyridine rings is 1. The molecule has 1 atom stereocenters. The zero-order chi connectivity index (χ0) is 24.6. The van der Waals surface area contributed by atoms with Crippen LogP contribution >= 0.6 is 0 Å². The molecule has 1 saturated heterocycles. The Balaban J connectivity index is 1.53. The van der Waals surface area contributed by atoms with Crippen molar-refractivity contribution in [2.24, 2.45) is 0 Å². The SMILES string of the molecule is Cc1cccc2c1NCCN2c1cc2cnc3nc2n(c1=O)C1CCCN(C1)C(=O)CCOCCN3. The average Bonchev–Trinajstić information content (AvgIpc) is 2.90. The van der Waals surface area contributed by atoms with Crippen LogP contribution in [-0.4, -0.2) is 71.3 Å². The lowest BCUT2D eigenvalue weighted by Gasteiger charge is -2.36. The van der Waals surface area contributed by atoms with Crippen LogP contribution in [0.15, 0.2) is 35.3 Å². The number of nitrogens with one attached hydrogen (secondary N) is 2. The number of anilines is 4. The number of piperidine rings is 1. The molecule has 188 valence electrons. The number of ether oxygens (including phenoxy) is 1. The highest BCUT2D eigenvalue weighted by Gasteiger charge is 2.30. The zero-order valence-corrected chi connectivity index (χ0v) is 20.5. The van der Waals surface area contributed by atoms with E-state index >= 15 is 0 Å². The second-order valence-corrected chi connectivity index (χ2v) is 9.65. The van der Waals surface area contributed by atoms with Crippen LogP contribution in [0.5, 0.6) is 0 Å². The molecule has 0 aliphatic carbocycles. The number of amides is 1. The molecule has 3 aliphatic heterocycles. The van der Waals surface area contributed by atoms with Gasteiger partial charge < -0.3 is 25.2 Å². The van der Waals surface area contributed by atoms with Gasteiger partial charge in [-0.3, -0.25) is 14.2 Å². The summed E-state index contributed by atoms with van der Waals surface area (Å²) in [7, 11) is 0. The van der Waals surface area contributed by atoms with Crippen molar-refractivity contribution in [1.82, 2.24) is 19.4 Å². The van der Waals surface area contributed by atoms with Gasteiger partial charge in [0.25, 0.3) is 5.56 Å². The first-order valence-corrected chi connectivity index (χ1v) is 12.7. The zero-order valence-electron chi connectivity index (χ0n) is 20.5. The molecule has 6 rings (SSSR count). The van der Waals surface area contributed by atoms with E-state index in [0.717, 1.165) is 41.7 Å². The first-order valence-electron chi connectivity index (χ1n) is 12.7. The van der Waals surface area contributed by atoms with Gasteiger partial charge in [0, 0.05) is 44.3 Å². The maximum atomic E-state index is 14.3. The molecule has 4 bridgehead atoms. The third kappa shape index (κ3) is 4.05. The molecule has 0 saturated carbocycles. The summed E-state index contributed by atoms with van der Waals surface area (Å²) in [5.41, 5.74) is 4.31. The molecule has 0 spiro atoms. The van der Waals surface area contributed by atoms with Crippen molar-refractivity contribution >= 4 is 40.0 Å². The summed E-state index contributed by atoms with van der Waals surface area (Å²) >= 11 is 0. The summed E-state index contributed by atoms with van der Waals surface area (Å²) in [6.45, 7) is 6.02. The summed E-state index contributed by atoms with van der Waals surface area (Å²) in [6, 6.07) is 7.89. The molecule has 1 unspecified atom stereocenters. The third-order valence-electron chi connectivity index (χ3n) is 7.33. The number of carbonyl (C=O) groups excluding carboxylic acids is 1. The van der Waals surface area contributed by atoms with Crippen molar-refractivity contribution in [1.29, 1.82) is 0 Å². The lowest BCUT2D eigenvalue weighted by Crippen LogP contribution is -2.44. The van der Waals surface area contributed by atoms with Crippen LogP contribution in [-0.2, 0) is 9.53 Å². The smallest absolute Gasteiger partial charge is 0.276 e. The molecule has 3 aliphatic rings. The van der Waals surface area contributed by atoms with Crippen molar-refractivity contribution < 1.29 is 9.53 Å². The lowest BCUT2D eigenvalue weighted by atomic mass is 10.0. The number of nitrogens with zero attached hydrogens (tertiary/aromatic N) is 5. The highest BCUT2D eigenvalue weighted by Crippen LogP contribution is 2.37. The minimum absolute atomic E-state index is 0.0695. The molecular formula is C26H31N7O3. The first kappa shape index (κ1) is 22.8. The van der Waals surface area contributed by atoms with E-state index in [9.17, 15) is 9.59 Å². The Morgan fingerprint density at radius 3 is 2.92 bits per heavy atom. The van der Waals surface area contributed by atoms with Crippen LogP contribution in [0.2, 0.25) is 0 Å². The number of fused-ring (bicyclic) bond motifs is 5. The predicted molar refractivity (Wildman–Crippen MR) is 139 cm³/mol. The molecule has 36 heavy (non-hydrogen) atoms. The molecule has 5 heterocycles. The van der Waals surface area contributed by atoms with Gasteiger partial charge >= 0.3 is 0 Å². The standard InChI is InChI=1S/C26H31N7O3/c1-17-4-2-6-20-23(17)27-8-11-32(20)21-14-18-15-29-26-28-9-13-36-12-7-22(34)31-10-3-5-19(16-31)33(25(21)35)24(18)30-26/h2,4,6,14-15,19,27H,3,5,7-13,16H2,1H3,(H,28,29,30). The van der Waals surface area contributed by atoms with Crippen LogP contribution in [0, 0.1) is 6.92 Å². The number of para-hydroxylation sites is 1. The van der Waals surface area contributed by atoms with E-state index in [2.05, 4.69) is 33.5 Å². The van der Waals surface area contributed by atoms with E-state index in [-0.39, 0.29) is 17.5 Å². The van der Waals surface area contributed by atoms with Crippen LogP contribution in [0.3, 0.4) is 0 Å². The minimum atomic E-state index is -0.163. The van der Waals surface area contributed by atoms with Crippen molar-refractivity contribution in [3.8, 4) is 0 Å². The molecule has 1 aromatic carbocycles. The summed E-state index contributed by atoms with van der Waals surface area (Å²) in [4.78, 5) is 40.4. The molecule has 10 nitrogen and oxygen atoms in total. The molecule has 1 fully saturated rings. The fourth-order valence-corrected chi connectivity index (χ4v) is 5.54. The van der Waals surface area contributed by atoms with E-state index in [1.54, 1.807) is 6.20 Å². The molecule has 0 radical (unpaired) electrons. The van der Waals surface area contributed by atoms with Gasteiger partial charge in [-0.2, -0.15) is 4.98 Å². The number of aryl methyl sites for hydroxylation is 1. The maximum Gasteiger partial charge on any atom is 0.276 e. The fraction of sp³-hybridized carbons (Fsp3) is 0.462. The number of rotatable bonds is 1. The second kappa shape index (κ2) is 9.42. The molecule has 10 heteroatoms. The van der Waals surface area contributed by atoms with Gasteiger partial charge in [-0.25, -0.2) is 4.98 Å². The monoisotopic (exact) mass is 489 g/mol. The van der Waals surface area contributed by atoms with Gasteiger partial charge in [-0.1, -0.05) is 12.1 Å². The molecular weight excluding hydrogens is 458 g/mol. The van der Waals surface area contributed by atoms with Crippen LogP contribution < -0.4 is 21.1 Å². The third-order valence-corrected chi connectivity index (χ3v) is 7.33. The first-order chi connectivity index (χ1) is 17.6. The fourth-order valence-electron chi connectivity index (χ4n) is 5.54. The molecule has 2 N–H and O–H groups in total. The van der Waals surface area contributed by atoms with E-state index in [4.69, 9.17) is 9.72 Å². The Morgan fingerprint density at radius 2 is 2.00 bits per heavy atom. The van der Waals surface area contributed by atoms with Gasteiger partial charge in [-0.05, 0) is 37.5 Å². The number of benzene rings is 1. The van der Waals surface area contributed by atoms with Crippen LogP contribution in [0.25, 0.3) is 11.0 Å². The van der Waals surface area contributed by atoms with E-state index in [0.29, 0.717) is 63.1 Å². The summed E-state index contributed by atoms with van der Waals surface area (Å²) in [5.74, 6) is 0.538. The Hall–Kier alpha value is -3.66. The normalized spacial score (nSPS) is 20.5. The number of hydrogen-bond acceptors (Lipinski definition) is 8. The van der Waals surface area contributed by atoms with Gasteiger partial charge in [0.1, 0.15) is 11.3 Å². The number of carbonyl (C=O) groups is 1. The second-order valence-electron chi connectivity index (χ2n) is 9.65. The number of aromatic nitrogens is 3. The van der Waals surface area contributed by atoms with Gasteiger partial charge in [0.15, 0.2) is 0 Å². The lowest BCUT2D eigenvalue weighted by molar-refractivity contribution is -0.133. The summed E-state index contributed by atoms with van der Waals surface area (Å²) in [5, 5.41) is 7.48. The molecule has 1 amide bonds. The quantitative estimate of drug-likeness (QED) is 0.538. The van der Waals surface area contributed by atoms with Crippen LogP contribution in [0.4, 0.5) is 23.0 Å². The highest BCUT2D eigenvalue weighted by atomic mass is 16.5. The van der Waals surface area contributed by atoms with Crippen molar-refractivity contribution in [3.63, 3.8) is 0 Å². The largest absolute Gasteiger partial charge is 0.381 e. The Labute approximate surface area is 209 Å². The van der Waals surface area contributed by atoms with Crippen molar-refractivity contribution in [2.45, 2.75) is 32.2 Å². The van der Waals surface area contributed by atoms with Gasteiger partial charge in [0.2, 0.25) is 11.9 Å².